The number of hydrogen-bond acceptors (Lipinski definition) is 8. The number of benzene rings is 1. The van der Waals surface area contributed by atoms with Crippen molar-refractivity contribution in [3.63, 3.8) is 0 Å². The molecule has 10 nitrogen and oxygen atoms in total. The predicted octanol–water partition coefficient (Wildman–Crippen LogP) is 2.04. The molecule has 1 aromatic carbocycles. The highest BCUT2D eigenvalue weighted by Gasteiger charge is 2.25. The third-order valence-corrected chi connectivity index (χ3v) is 7.32. The Labute approximate surface area is 223 Å². The Morgan fingerprint density at radius 2 is 2.05 bits per heavy atom. The zero-order valence-corrected chi connectivity index (χ0v) is 22.2. The van der Waals surface area contributed by atoms with E-state index in [4.69, 9.17) is 19.9 Å². The van der Waals surface area contributed by atoms with Gasteiger partial charge in [-0.3, -0.25) is 14.5 Å². The maximum atomic E-state index is 12.9. The zero-order valence-electron chi connectivity index (χ0n) is 22.2. The molecule has 5 rings (SSSR count). The molecule has 1 fully saturated rings. The molecule has 0 amide bonds. The van der Waals surface area contributed by atoms with Crippen molar-refractivity contribution in [1.82, 2.24) is 14.5 Å². The van der Waals surface area contributed by atoms with Crippen LogP contribution in [0.15, 0.2) is 57.9 Å². The van der Waals surface area contributed by atoms with E-state index in [1.165, 1.54) is 11.1 Å². The summed E-state index contributed by atoms with van der Waals surface area (Å²) in [5.41, 5.74) is 10.1. The van der Waals surface area contributed by atoms with Gasteiger partial charge in [0.05, 0.1) is 39.5 Å². The number of morpholine rings is 1. The SMILES string of the molecule is COCCOC1CN=C(N)c2[nH]c(=O)n(CC3=CC(C)C(c4cccc(CN5CCOCC5)c4)C=C3)c2N1. The number of aromatic amines is 1. The van der Waals surface area contributed by atoms with Gasteiger partial charge < -0.3 is 30.2 Å². The van der Waals surface area contributed by atoms with Gasteiger partial charge in [0.2, 0.25) is 0 Å². The van der Waals surface area contributed by atoms with Crippen molar-refractivity contribution >= 4 is 11.7 Å². The van der Waals surface area contributed by atoms with E-state index in [1.807, 2.05) is 0 Å². The number of allylic oxidation sites excluding steroid dienone is 4. The van der Waals surface area contributed by atoms with Crippen molar-refractivity contribution < 1.29 is 14.2 Å². The quantitative estimate of drug-likeness (QED) is 0.431. The fourth-order valence-electron chi connectivity index (χ4n) is 5.30. The molecule has 0 spiro atoms. The Kier molecular flexibility index (Phi) is 8.43. The van der Waals surface area contributed by atoms with Crippen LogP contribution in [-0.2, 0) is 27.3 Å². The number of imidazole rings is 1. The van der Waals surface area contributed by atoms with E-state index >= 15 is 0 Å². The Morgan fingerprint density at radius 3 is 2.84 bits per heavy atom. The molecule has 4 N–H and O–H groups in total. The summed E-state index contributed by atoms with van der Waals surface area (Å²) in [7, 11) is 1.63. The van der Waals surface area contributed by atoms with Crippen LogP contribution < -0.4 is 16.7 Å². The second-order valence-electron chi connectivity index (χ2n) is 10.1. The first kappa shape index (κ1) is 26.4. The number of rotatable bonds is 9. The third-order valence-electron chi connectivity index (χ3n) is 7.32. The van der Waals surface area contributed by atoms with E-state index in [0.29, 0.717) is 43.7 Å². The lowest BCUT2D eigenvalue weighted by Crippen LogP contribution is -2.35. The van der Waals surface area contributed by atoms with E-state index in [2.05, 4.69) is 69.6 Å². The molecule has 2 aromatic rings. The van der Waals surface area contributed by atoms with Gasteiger partial charge in [-0.05, 0) is 22.6 Å². The van der Waals surface area contributed by atoms with Crippen molar-refractivity contribution in [3.8, 4) is 0 Å². The van der Waals surface area contributed by atoms with Gasteiger partial charge in [0.25, 0.3) is 0 Å². The van der Waals surface area contributed by atoms with Crippen molar-refractivity contribution in [3.05, 3.63) is 75.4 Å². The summed E-state index contributed by atoms with van der Waals surface area (Å²) in [5, 5.41) is 3.31. The smallest absolute Gasteiger partial charge is 0.328 e. The summed E-state index contributed by atoms with van der Waals surface area (Å²) < 4.78 is 18.1. The van der Waals surface area contributed by atoms with Gasteiger partial charge >= 0.3 is 5.69 Å². The molecule has 2 aliphatic heterocycles. The average Bonchev–Trinajstić information content (AvgIpc) is 3.13. The zero-order chi connectivity index (χ0) is 26.5. The van der Waals surface area contributed by atoms with Crippen LogP contribution in [0, 0.1) is 5.92 Å². The molecule has 1 aromatic heterocycles. The molecular formula is C28H38N6O4. The molecule has 1 saturated heterocycles. The molecule has 3 heterocycles. The number of anilines is 1. The molecule has 0 saturated carbocycles. The van der Waals surface area contributed by atoms with Gasteiger partial charge in [-0.25, -0.2) is 4.79 Å². The number of hydrogen-bond donors (Lipinski definition) is 3. The number of nitrogens with one attached hydrogen (secondary N) is 2. The molecule has 0 radical (unpaired) electrons. The van der Waals surface area contributed by atoms with Gasteiger partial charge in [-0.1, -0.05) is 49.4 Å². The summed E-state index contributed by atoms with van der Waals surface area (Å²) in [5.74, 6) is 1.45. The third kappa shape index (κ3) is 6.10. The average molecular weight is 523 g/mol. The van der Waals surface area contributed by atoms with Gasteiger partial charge in [-0.2, -0.15) is 0 Å². The summed E-state index contributed by atoms with van der Waals surface area (Å²) in [6.45, 7) is 8.38. The first-order valence-electron chi connectivity index (χ1n) is 13.3. The molecule has 204 valence electrons. The molecule has 10 heteroatoms. The summed E-state index contributed by atoms with van der Waals surface area (Å²) in [6, 6.07) is 8.89. The molecule has 3 atom stereocenters. The second-order valence-corrected chi connectivity index (χ2v) is 10.1. The number of aromatic nitrogens is 2. The van der Waals surface area contributed by atoms with Gasteiger partial charge in [0.15, 0.2) is 0 Å². The minimum absolute atomic E-state index is 0.238. The number of aliphatic imine (C=N–C) groups is 1. The van der Waals surface area contributed by atoms with Crippen LogP contribution in [0.25, 0.3) is 0 Å². The first-order valence-corrected chi connectivity index (χ1v) is 13.3. The topological polar surface area (TPSA) is 119 Å². The number of ether oxygens (including phenoxy) is 3. The van der Waals surface area contributed by atoms with Crippen LogP contribution in [0.4, 0.5) is 5.82 Å². The monoisotopic (exact) mass is 522 g/mol. The van der Waals surface area contributed by atoms with Crippen LogP contribution in [-0.4, -0.2) is 79.7 Å². The lowest BCUT2D eigenvalue weighted by atomic mass is 9.82. The maximum Gasteiger partial charge on any atom is 0.328 e. The number of fused-ring (bicyclic) bond motifs is 1. The van der Waals surface area contributed by atoms with Crippen LogP contribution in [0.1, 0.15) is 29.7 Å². The highest BCUT2D eigenvalue weighted by molar-refractivity contribution is 6.00. The summed E-state index contributed by atoms with van der Waals surface area (Å²) in [4.78, 5) is 22.6. The lowest BCUT2D eigenvalue weighted by Gasteiger charge is -2.28. The van der Waals surface area contributed by atoms with Gasteiger partial charge in [0, 0.05) is 32.7 Å². The van der Waals surface area contributed by atoms with Crippen LogP contribution in [0.3, 0.4) is 0 Å². The second kappa shape index (κ2) is 12.1. The maximum absolute atomic E-state index is 12.9. The molecule has 3 aliphatic rings. The normalized spacial score (nSPS) is 23.8. The number of nitrogens with two attached hydrogens (primary N) is 1. The predicted molar refractivity (Wildman–Crippen MR) is 148 cm³/mol. The van der Waals surface area contributed by atoms with Crippen LogP contribution >= 0.6 is 0 Å². The minimum atomic E-state index is -0.407. The van der Waals surface area contributed by atoms with Crippen molar-refractivity contribution in [2.45, 2.75) is 32.2 Å². The Morgan fingerprint density at radius 1 is 1.21 bits per heavy atom. The highest BCUT2D eigenvalue weighted by Crippen LogP contribution is 2.33. The van der Waals surface area contributed by atoms with E-state index in [1.54, 1.807) is 11.7 Å². The first-order chi connectivity index (χ1) is 18.5. The Hall–Kier alpha value is -3.18. The van der Waals surface area contributed by atoms with Crippen LogP contribution in [0.5, 0.6) is 0 Å². The molecule has 3 unspecified atom stereocenters. The molecular weight excluding hydrogens is 484 g/mol. The fraction of sp³-hybridized carbons (Fsp3) is 0.500. The number of H-pyrrole nitrogens is 1. The van der Waals surface area contributed by atoms with Gasteiger partial charge in [-0.15, -0.1) is 0 Å². The summed E-state index contributed by atoms with van der Waals surface area (Å²) in [6.07, 6.45) is 6.23. The largest absolute Gasteiger partial charge is 0.382 e. The van der Waals surface area contributed by atoms with E-state index in [9.17, 15) is 4.79 Å². The van der Waals surface area contributed by atoms with E-state index < -0.39 is 6.23 Å². The summed E-state index contributed by atoms with van der Waals surface area (Å²) >= 11 is 0. The van der Waals surface area contributed by atoms with E-state index in [0.717, 1.165) is 38.4 Å². The molecule has 0 bridgehead atoms. The van der Waals surface area contributed by atoms with Crippen molar-refractivity contribution in [2.75, 3.05) is 58.5 Å². The molecule has 1 aliphatic carbocycles. The number of amidine groups is 1. The van der Waals surface area contributed by atoms with Crippen molar-refractivity contribution in [2.24, 2.45) is 16.6 Å². The standard InChI is InChI=1S/C28H38N6O4/c1-19-14-21(6-7-23(19)22-5-3-4-20(15-22)17-33-8-10-37-11-9-33)18-34-27-25(32-28(34)35)26(29)30-16-24(31-27)38-13-12-36-2/h3-7,14-15,19,23-24,31H,8-13,16-18H2,1-2H3,(H2,29,30)(H,32,35). The van der Waals surface area contributed by atoms with Crippen LogP contribution in [0.2, 0.25) is 0 Å². The Bertz CT molecular complexity index is 1260. The number of nitrogens with zero attached hydrogens (tertiary/aromatic N) is 3. The minimum Gasteiger partial charge on any atom is -0.382 e. The fourth-order valence-corrected chi connectivity index (χ4v) is 5.30. The number of methoxy groups -OCH3 is 1. The lowest BCUT2D eigenvalue weighted by molar-refractivity contribution is 0.0342. The van der Waals surface area contributed by atoms with E-state index in [-0.39, 0.29) is 17.5 Å². The highest BCUT2D eigenvalue weighted by atomic mass is 16.5. The Balaban J connectivity index is 1.29. The van der Waals surface area contributed by atoms with Crippen molar-refractivity contribution in [1.29, 1.82) is 0 Å². The molecule has 38 heavy (non-hydrogen) atoms. The van der Waals surface area contributed by atoms with Gasteiger partial charge in [0.1, 0.15) is 23.6 Å².